The van der Waals surface area contributed by atoms with Gasteiger partial charge in [0.15, 0.2) is 0 Å². The normalized spacial score (nSPS) is 20.5. The first-order valence-corrected chi connectivity index (χ1v) is 5.90. The lowest BCUT2D eigenvalue weighted by Crippen LogP contribution is -2.86. The van der Waals surface area contributed by atoms with Gasteiger partial charge < -0.3 is 14.8 Å². The fraction of sp³-hybridized carbons (Fsp3) is 0.538. The van der Waals surface area contributed by atoms with E-state index in [1.807, 2.05) is 6.07 Å². The predicted molar refractivity (Wildman–Crippen MR) is 62.9 cm³/mol. The van der Waals surface area contributed by atoms with Crippen molar-refractivity contribution in [3.05, 3.63) is 23.8 Å². The van der Waals surface area contributed by atoms with Crippen molar-refractivity contribution in [2.75, 3.05) is 20.8 Å². The van der Waals surface area contributed by atoms with Crippen LogP contribution in [-0.2, 0) is 0 Å². The molecule has 1 fully saturated rings. The van der Waals surface area contributed by atoms with E-state index >= 15 is 0 Å². The Morgan fingerprint density at radius 1 is 1.06 bits per heavy atom. The molecule has 0 amide bonds. The number of hydrogen-bond donors (Lipinski definition) is 1. The molecule has 0 unspecified atom stereocenters. The van der Waals surface area contributed by atoms with Crippen molar-refractivity contribution in [1.82, 2.24) is 0 Å². The van der Waals surface area contributed by atoms with Crippen LogP contribution in [0, 0.1) is 0 Å². The Morgan fingerprint density at radius 2 is 1.75 bits per heavy atom. The molecule has 0 spiro atoms. The molecule has 3 nitrogen and oxygen atoms in total. The zero-order chi connectivity index (χ0) is 11.4. The summed E-state index contributed by atoms with van der Waals surface area (Å²) in [6.45, 7) is 1.23. The minimum Gasteiger partial charge on any atom is -0.497 e. The Bertz CT molecular complexity index is 324. The van der Waals surface area contributed by atoms with Crippen LogP contribution in [0.4, 0.5) is 0 Å². The van der Waals surface area contributed by atoms with E-state index in [4.69, 9.17) is 9.47 Å². The van der Waals surface area contributed by atoms with Crippen LogP contribution in [0.15, 0.2) is 18.2 Å². The number of rotatable bonds is 3. The molecule has 2 rings (SSSR count). The van der Waals surface area contributed by atoms with Gasteiger partial charge in [-0.2, -0.15) is 0 Å². The zero-order valence-corrected chi connectivity index (χ0v) is 10.0. The summed E-state index contributed by atoms with van der Waals surface area (Å²) in [5, 5.41) is 2.41. The number of quaternary nitrogens is 1. The van der Waals surface area contributed by atoms with Gasteiger partial charge in [0.2, 0.25) is 0 Å². The minimum absolute atomic E-state index is 0.567. The van der Waals surface area contributed by atoms with E-state index in [2.05, 4.69) is 17.4 Å². The summed E-state index contributed by atoms with van der Waals surface area (Å²) in [5.74, 6) is 1.77. The van der Waals surface area contributed by atoms with Gasteiger partial charge in [0, 0.05) is 18.1 Å². The molecule has 1 aliphatic rings. The van der Waals surface area contributed by atoms with E-state index in [9.17, 15) is 0 Å². The van der Waals surface area contributed by atoms with Crippen LogP contribution in [-0.4, -0.2) is 20.8 Å². The monoisotopic (exact) mass is 222 g/mol. The highest BCUT2D eigenvalue weighted by molar-refractivity contribution is 5.39. The molecule has 1 saturated heterocycles. The number of methoxy groups -OCH3 is 2. The zero-order valence-electron chi connectivity index (χ0n) is 10.0. The number of benzene rings is 1. The third-order valence-electron chi connectivity index (χ3n) is 3.22. The summed E-state index contributed by atoms with van der Waals surface area (Å²) in [4.78, 5) is 0. The number of hydrogen-bond acceptors (Lipinski definition) is 2. The largest absolute Gasteiger partial charge is 0.497 e. The van der Waals surface area contributed by atoms with Crippen molar-refractivity contribution >= 4 is 0 Å². The third-order valence-corrected chi connectivity index (χ3v) is 3.22. The molecule has 1 aliphatic heterocycles. The van der Waals surface area contributed by atoms with Gasteiger partial charge in [0.25, 0.3) is 0 Å². The Balaban J connectivity index is 2.24. The van der Waals surface area contributed by atoms with Gasteiger partial charge in [0.05, 0.1) is 20.8 Å². The Morgan fingerprint density at radius 3 is 2.25 bits per heavy atom. The van der Waals surface area contributed by atoms with E-state index in [-0.39, 0.29) is 0 Å². The second-order valence-electron chi connectivity index (χ2n) is 4.27. The smallest absolute Gasteiger partial charge is 0.123 e. The average molecular weight is 222 g/mol. The summed E-state index contributed by atoms with van der Waals surface area (Å²) in [5.41, 5.74) is 1.32. The summed E-state index contributed by atoms with van der Waals surface area (Å²) in [7, 11) is 3.40. The molecule has 16 heavy (non-hydrogen) atoms. The summed E-state index contributed by atoms with van der Waals surface area (Å²) in [6.07, 6.45) is 3.90. The van der Waals surface area contributed by atoms with Crippen LogP contribution in [0.5, 0.6) is 11.5 Å². The quantitative estimate of drug-likeness (QED) is 0.841. The molecule has 1 aromatic carbocycles. The van der Waals surface area contributed by atoms with Gasteiger partial charge in [-0.25, -0.2) is 0 Å². The molecular formula is C13H20NO2+. The van der Waals surface area contributed by atoms with E-state index in [0.717, 1.165) is 11.5 Å². The molecule has 0 aliphatic carbocycles. The van der Waals surface area contributed by atoms with Gasteiger partial charge in [0.1, 0.15) is 17.5 Å². The first-order chi connectivity index (χ1) is 7.83. The van der Waals surface area contributed by atoms with Crippen molar-refractivity contribution in [2.45, 2.75) is 25.3 Å². The first-order valence-electron chi connectivity index (χ1n) is 5.90. The standard InChI is InChI=1S/C13H19NO2/c1-15-11-7-10(8-12(9-11)16-2)13-5-3-4-6-14-13/h7-9,13-14H,3-6H2,1-2H3/p+1/t13-/m0/s1. The van der Waals surface area contributed by atoms with Crippen molar-refractivity contribution in [3.8, 4) is 11.5 Å². The molecule has 0 bridgehead atoms. The molecule has 3 heteroatoms. The minimum atomic E-state index is 0.567. The molecule has 1 atom stereocenters. The van der Waals surface area contributed by atoms with Crippen molar-refractivity contribution in [1.29, 1.82) is 0 Å². The van der Waals surface area contributed by atoms with Crippen molar-refractivity contribution in [3.63, 3.8) is 0 Å². The molecule has 88 valence electrons. The Labute approximate surface area is 96.8 Å². The van der Waals surface area contributed by atoms with E-state index in [1.165, 1.54) is 31.4 Å². The molecule has 0 radical (unpaired) electrons. The van der Waals surface area contributed by atoms with Gasteiger partial charge in [-0.3, -0.25) is 0 Å². The van der Waals surface area contributed by atoms with Gasteiger partial charge >= 0.3 is 0 Å². The fourth-order valence-electron chi connectivity index (χ4n) is 2.29. The topological polar surface area (TPSA) is 35.1 Å². The number of ether oxygens (including phenoxy) is 2. The van der Waals surface area contributed by atoms with Crippen LogP contribution in [0.25, 0.3) is 0 Å². The lowest BCUT2D eigenvalue weighted by atomic mass is 9.97. The van der Waals surface area contributed by atoms with Crippen LogP contribution < -0.4 is 14.8 Å². The summed E-state index contributed by atoms with van der Waals surface area (Å²) >= 11 is 0. The fourth-order valence-corrected chi connectivity index (χ4v) is 2.29. The van der Waals surface area contributed by atoms with Crippen LogP contribution >= 0.6 is 0 Å². The molecule has 0 saturated carbocycles. The molecule has 2 N–H and O–H groups in total. The van der Waals surface area contributed by atoms with Crippen molar-refractivity contribution in [2.24, 2.45) is 0 Å². The number of nitrogens with two attached hydrogens (primary N) is 1. The van der Waals surface area contributed by atoms with Crippen LogP contribution in [0.1, 0.15) is 30.9 Å². The van der Waals surface area contributed by atoms with Crippen LogP contribution in [0.2, 0.25) is 0 Å². The second-order valence-corrected chi connectivity index (χ2v) is 4.27. The summed E-state index contributed by atoms with van der Waals surface area (Å²) in [6, 6.07) is 6.73. The Hall–Kier alpha value is -1.22. The van der Waals surface area contributed by atoms with Gasteiger partial charge in [-0.05, 0) is 25.0 Å². The SMILES string of the molecule is COc1cc(OC)cc([C@@H]2CCCC[NH2+]2)c1. The molecule has 0 aromatic heterocycles. The second kappa shape index (κ2) is 5.21. The lowest BCUT2D eigenvalue weighted by molar-refractivity contribution is -0.704. The van der Waals surface area contributed by atoms with Gasteiger partial charge in [-0.15, -0.1) is 0 Å². The maximum absolute atomic E-state index is 5.29. The van der Waals surface area contributed by atoms with Crippen molar-refractivity contribution < 1.29 is 14.8 Å². The summed E-state index contributed by atoms with van der Waals surface area (Å²) < 4.78 is 10.6. The highest BCUT2D eigenvalue weighted by atomic mass is 16.5. The molecular weight excluding hydrogens is 202 g/mol. The number of piperidine rings is 1. The van der Waals surface area contributed by atoms with E-state index in [0.29, 0.717) is 6.04 Å². The average Bonchev–Trinajstić information content (AvgIpc) is 2.39. The molecule has 1 heterocycles. The lowest BCUT2D eigenvalue weighted by Gasteiger charge is -2.21. The van der Waals surface area contributed by atoms with E-state index < -0.39 is 0 Å². The first kappa shape index (κ1) is 11.3. The van der Waals surface area contributed by atoms with Gasteiger partial charge in [-0.1, -0.05) is 0 Å². The van der Waals surface area contributed by atoms with Crippen LogP contribution in [0.3, 0.4) is 0 Å². The van der Waals surface area contributed by atoms with E-state index in [1.54, 1.807) is 14.2 Å². The molecule has 1 aromatic rings. The highest BCUT2D eigenvalue weighted by Gasteiger charge is 2.19. The third kappa shape index (κ3) is 2.47. The maximum Gasteiger partial charge on any atom is 0.123 e. The maximum atomic E-state index is 5.29. The highest BCUT2D eigenvalue weighted by Crippen LogP contribution is 2.27. The predicted octanol–water partition coefficient (Wildman–Crippen LogP) is 1.49. The Kier molecular flexibility index (Phi) is 3.67.